The number of carbonyl (C=O) groups is 1. The molecule has 3 aromatic rings. The molecule has 1 heterocycles. The molecule has 5 heteroatoms. The lowest BCUT2D eigenvalue weighted by molar-refractivity contribution is 0.103. The van der Waals surface area contributed by atoms with Gasteiger partial charge in [0.25, 0.3) is 0 Å². The van der Waals surface area contributed by atoms with Crippen molar-refractivity contribution < 1.29 is 13.6 Å². The van der Waals surface area contributed by atoms with Gasteiger partial charge in [-0.25, -0.2) is 8.78 Å². The maximum Gasteiger partial charge on any atom is 0.200 e. The predicted octanol–water partition coefficient (Wildman–Crippen LogP) is 5.17. The van der Waals surface area contributed by atoms with Gasteiger partial charge in [-0.2, -0.15) is 0 Å². The summed E-state index contributed by atoms with van der Waals surface area (Å²) in [5.74, 6) is -2.36. The summed E-state index contributed by atoms with van der Waals surface area (Å²) in [7, 11) is 0. The lowest BCUT2D eigenvalue weighted by Crippen LogP contribution is -2.07. The fourth-order valence-electron chi connectivity index (χ4n) is 2.05. The van der Waals surface area contributed by atoms with Crippen LogP contribution in [-0.4, -0.2) is 5.78 Å². The van der Waals surface area contributed by atoms with E-state index in [0.717, 1.165) is 16.8 Å². The quantitative estimate of drug-likeness (QED) is 0.581. The van der Waals surface area contributed by atoms with Crippen LogP contribution in [0.4, 0.5) is 8.78 Å². The van der Waals surface area contributed by atoms with Gasteiger partial charge in [-0.1, -0.05) is 34.1 Å². The second kappa shape index (κ2) is 5.07. The Morgan fingerprint density at radius 2 is 1.75 bits per heavy atom. The highest BCUT2D eigenvalue weighted by Gasteiger charge is 2.22. The summed E-state index contributed by atoms with van der Waals surface area (Å²) in [6.07, 6.45) is 0. The molecule has 0 spiro atoms. The Labute approximate surface area is 126 Å². The number of ketones is 1. The van der Waals surface area contributed by atoms with Crippen molar-refractivity contribution in [1.82, 2.24) is 0 Å². The van der Waals surface area contributed by atoms with Gasteiger partial charge in [-0.3, -0.25) is 4.79 Å². The van der Waals surface area contributed by atoms with Gasteiger partial charge in [-0.15, -0.1) is 11.3 Å². The molecule has 20 heavy (non-hydrogen) atoms. The zero-order chi connectivity index (χ0) is 14.3. The van der Waals surface area contributed by atoms with E-state index in [2.05, 4.69) is 15.9 Å². The average molecular weight is 353 g/mol. The van der Waals surface area contributed by atoms with Gasteiger partial charge in [0.2, 0.25) is 0 Å². The second-order valence-corrected chi connectivity index (χ2v) is 6.05. The van der Waals surface area contributed by atoms with Crippen molar-refractivity contribution in [3.8, 4) is 0 Å². The Bertz CT molecular complexity index is 803. The van der Waals surface area contributed by atoms with Gasteiger partial charge < -0.3 is 0 Å². The highest BCUT2D eigenvalue weighted by atomic mass is 79.9. The van der Waals surface area contributed by atoms with Crippen molar-refractivity contribution >= 4 is 43.1 Å². The number of hydrogen-bond donors (Lipinski definition) is 0. The maximum atomic E-state index is 13.9. The molecule has 0 atom stereocenters. The summed E-state index contributed by atoms with van der Waals surface area (Å²) < 4.78 is 28.9. The predicted molar refractivity (Wildman–Crippen MR) is 79.3 cm³/mol. The molecule has 0 unspecified atom stereocenters. The second-order valence-electron chi connectivity index (χ2n) is 4.22. The minimum absolute atomic E-state index is 0.263. The molecule has 0 fully saturated rings. The van der Waals surface area contributed by atoms with E-state index in [-0.39, 0.29) is 4.47 Å². The van der Waals surface area contributed by atoms with Crippen LogP contribution in [0.5, 0.6) is 0 Å². The molecule has 0 N–H and O–H groups in total. The van der Waals surface area contributed by atoms with Gasteiger partial charge in [0, 0.05) is 25.5 Å². The summed E-state index contributed by atoms with van der Waals surface area (Å²) in [6, 6.07) is 9.46. The lowest BCUT2D eigenvalue weighted by Gasteiger charge is -2.04. The largest absolute Gasteiger partial charge is 0.288 e. The molecular formula is C15H7BrF2OS. The summed E-state index contributed by atoms with van der Waals surface area (Å²) in [5.41, 5.74) is -0.192. The first kappa shape index (κ1) is 13.4. The Morgan fingerprint density at radius 1 is 1.10 bits per heavy atom. The van der Waals surface area contributed by atoms with Gasteiger partial charge in [0.05, 0.1) is 5.56 Å². The van der Waals surface area contributed by atoms with Crippen molar-refractivity contribution in [3.05, 3.63) is 69.0 Å². The van der Waals surface area contributed by atoms with Crippen molar-refractivity contribution in [2.24, 2.45) is 0 Å². The molecule has 0 bridgehead atoms. The van der Waals surface area contributed by atoms with Crippen LogP contribution in [0.15, 0.2) is 46.3 Å². The molecule has 3 rings (SSSR count). The molecular weight excluding hydrogens is 346 g/mol. The van der Waals surface area contributed by atoms with E-state index in [1.54, 1.807) is 17.5 Å². The van der Waals surface area contributed by atoms with Crippen LogP contribution in [0.1, 0.15) is 15.9 Å². The number of rotatable bonds is 2. The van der Waals surface area contributed by atoms with Crippen molar-refractivity contribution in [3.63, 3.8) is 0 Å². The Morgan fingerprint density at radius 3 is 2.45 bits per heavy atom. The molecule has 0 saturated heterocycles. The van der Waals surface area contributed by atoms with E-state index in [1.807, 2.05) is 12.1 Å². The van der Waals surface area contributed by atoms with Crippen LogP contribution in [0, 0.1) is 11.6 Å². The van der Waals surface area contributed by atoms with Crippen molar-refractivity contribution in [2.45, 2.75) is 0 Å². The van der Waals surface area contributed by atoms with Gasteiger partial charge >= 0.3 is 0 Å². The smallest absolute Gasteiger partial charge is 0.200 e. The fraction of sp³-hybridized carbons (Fsp3) is 0. The molecule has 0 aliphatic carbocycles. The average Bonchev–Trinajstić information content (AvgIpc) is 2.81. The first-order chi connectivity index (χ1) is 9.58. The third-order valence-electron chi connectivity index (χ3n) is 2.96. The standard InChI is InChI=1S/C15H7BrF2OS/c16-8-5-11(17)14(12(18)6-8)15(19)10-7-20-13-4-2-1-3-9(10)13/h1-7H. The minimum Gasteiger partial charge on any atom is -0.288 e. The van der Waals surface area contributed by atoms with Gasteiger partial charge in [0.1, 0.15) is 11.6 Å². The summed E-state index contributed by atoms with van der Waals surface area (Å²) in [4.78, 5) is 12.4. The maximum absolute atomic E-state index is 13.9. The lowest BCUT2D eigenvalue weighted by atomic mass is 10.0. The molecule has 0 saturated carbocycles. The summed E-state index contributed by atoms with van der Waals surface area (Å²) in [6.45, 7) is 0. The monoisotopic (exact) mass is 352 g/mol. The van der Waals surface area contributed by atoms with Gasteiger partial charge in [0.15, 0.2) is 5.78 Å². The molecule has 0 aliphatic heterocycles. The third kappa shape index (κ3) is 2.17. The molecule has 100 valence electrons. The normalized spacial score (nSPS) is 10.9. The highest BCUT2D eigenvalue weighted by molar-refractivity contribution is 9.10. The molecule has 0 aliphatic rings. The topological polar surface area (TPSA) is 17.1 Å². The van der Waals surface area contributed by atoms with E-state index in [1.165, 1.54) is 11.3 Å². The van der Waals surface area contributed by atoms with Crippen molar-refractivity contribution in [1.29, 1.82) is 0 Å². The molecule has 0 radical (unpaired) electrons. The zero-order valence-corrected chi connectivity index (χ0v) is 12.4. The highest BCUT2D eigenvalue weighted by Crippen LogP contribution is 2.29. The molecule has 0 amide bonds. The van der Waals surface area contributed by atoms with E-state index in [9.17, 15) is 13.6 Å². The van der Waals surface area contributed by atoms with Crippen LogP contribution in [0.25, 0.3) is 10.1 Å². The van der Waals surface area contributed by atoms with Crippen LogP contribution in [0.3, 0.4) is 0 Å². The van der Waals surface area contributed by atoms with Crippen molar-refractivity contribution in [2.75, 3.05) is 0 Å². The van der Waals surface area contributed by atoms with Gasteiger partial charge in [-0.05, 0) is 18.2 Å². The molecule has 1 nitrogen and oxygen atoms in total. The molecule has 1 aromatic heterocycles. The number of halogens is 3. The number of carbonyl (C=O) groups excluding carboxylic acids is 1. The number of fused-ring (bicyclic) bond motifs is 1. The van der Waals surface area contributed by atoms with E-state index in [4.69, 9.17) is 0 Å². The van der Waals surface area contributed by atoms with Crippen LogP contribution >= 0.6 is 27.3 Å². The summed E-state index contributed by atoms with van der Waals surface area (Å²) in [5, 5.41) is 2.35. The fourth-order valence-corrected chi connectivity index (χ4v) is 3.39. The van der Waals surface area contributed by atoms with Crippen LogP contribution in [0.2, 0.25) is 0 Å². The molecule has 2 aromatic carbocycles. The third-order valence-corrected chi connectivity index (χ3v) is 4.38. The Balaban J connectivity index is 2.19. The number of hydrogen-bond acceptors (Lipinski definition) is 2. The number of thiophene rings is 1. The van der Waals surface area contributed by atoms with E-state index < -0.39 is 23.0 Å². The van der Waals surface area contributed by atoms with E-state index in [0.29, 0.717) is 10.9 Å². The van der Waals surface area contributed by atoms with E-state index >= 15 is 0 Å². The van der Waals surface area contributed by atoms with Crippen LogP contribution < -0.4 is 0 Å². The Hall–Kier alpha value is -1.59. The summed E-state index contributed by atoms with van der Waals surface area (Å²) >= 11 is 4.37. The first-order valence-electron chi connectivity index (χ1n) is 5.73. The SMILES string of the molecule is O=C(c1c(F)cc(Br)cc1F)c1csc2ccccc12. The van der Waals surface area contributed by atoms with Crippen LogP contribution in [-0.2, 0) is 0 Å². The first-order valence-corrected chi connectivity index (χ1v) is 7.40. The number of benzene rings is 2. The minimum atomic E-state index is -0.864. The Kier molecular flexibility index (Phi) is 3.40. The zero-order valence-electron chi connectivity index (χ0n) is 9.99.